The molecule has 2 amide bonds. The van der Waals surface area contributed by atoms with Gasteiger partial charge in [-0.1, -0.05) is 58.2 Å². The molecule has 0 radical (unpaired) electrons. The summed E-state index contributed by atoms with van der Waals surface area (Å²) in [6.45, 7) is 6.56. The lowest BCUT2D eigenvalue weighted by Gasteiger charge is -2.51. The molecule has 0 spiro atoms. The standard InChI is InChI=1S/C30H40FN3O4/c1-20(15-21-9-8-10-21)27(36)33-14-13-30(38,29(2,3)18-33)19-34-17-24(28(37)32(4)5)23(16-26(34)35)22-11-6-7-12-25(22)31/h6-7,11-12,16-17,20-21,38H,8-10,13-15,18-19H2,1-5H3/t20-,30-/m1/s1. The van der Waals surface area contributed by atoms with Crippen molar-refractivity contribution >= 4 is 11.8 Å². The molecule has 0 bridgehead atoms. The van der Waals surface area contributed by atoms with Crippen LogP contribution in [0.5, 0.6) is 0 Å². The number of halogens is 1. The van der Waals surface area contributed by atoms with Crippen LogP contribution >= 0.6 is 0 Å². The van der Waals surface area contributed by atoms with Gasteiger partial charge in [0.1, 0.15) is 5.82 Å². The zero-order valence-electron chi connectivity index (χ0n) is 23.2. The summed E-state index contributed by atoms with van der Waals surface area (Å²) in [5.74, 6) is -0.181. The number of hydrogen-bond donors (Lipinski definition) is 1. The Morgan fingerprint density at radius 2 is 1.87 bits per heavy atom. The zero-order valence-corrected chi connectivity index (χ0v) is 23.2. The number of aromatic nitrogens is 1. The molecule has 8 heteroatoms. The zero-order chi connectivity index (χ0) is 27.8. The van der Waals surface area contributed by atoms with E-state index in [-0.39, 0.29) is 41.0 Å². The van der Waals surface area contributed by atoms with Crippen LogP contribution in [-0.2, 0) is 11.3 Å². The Balaban J connectivity index is 1.60. The summed E-state index contributed by atoms with van der Waals surface area (Å²) in [5.41, 5.74) is -1.86. The molecule has 1 saturated heterocycles. The molecule has 38 heavy (non-hydrogen) atoms. The summed E-state index contributed by atoms with van der Waals surface area (Å²) < 4.78 is 16.0. The van der Waals surface area contributed by atoms with Crippen molar-refractivity contribution in [1.82, 2.24) is 14.4 Å². The maximum atomic E-state index is 14.6. The van der Waals surface area contributed by atoms with Crippen molar-refractivity contribution in [2.75, 3.05) is 27.2 Å². The van der Waals surface area contributed by atoms with Gasteiger partial charge in [0, 0.05) is 61.9 Å². The number of nitrogens with zero attached hydrogens (tertiary/aromatic N) is 3. The molecule has 2 fully saturated rings. The topological polar surface area (TPSA) is 82.8 Å². The van der Waals surface area contributed by atoms with Crippen molar-refractivity contribution in [3.05, 3.63) is 58.3 Å². The van der Waals surface area contributed by atoms with Gasteiger partial charge in [0.05, 0.1) is 17.7 Å². The van der Waals surface area contributed by atoms with Gasteiger partial charge in [-0.05, 0) is 24.8 Å². The molecule has 7 nitrogen and oxygen atoms in total. The van der Waals surface area contributed by atoms with Crippen molar-refractivity contribution in [1.29, 1.82) is 0 Å². The molecule has 1 aromatic carbocycles. The second kappa shape index (κ2) is 10.6. The second-order valence-corrected chi connectivity index (χ2v) is 12.1. The van der Waals surface area contributed by atoms with E-state index in [1.165, 1.54) is 53.1 Å². The number of piperidine rings is 1. The average Bonchev–Trinajstić information content (AvgIpc) is 2.83. The number of carbonyl (C=O) groups is 2. The number of likely N-dealkylation sites (tertiary alicyclic amines) is 1. The van der Waals surface area contributed by atoms with E-state index in [1.54, 1.807) is 26.2 Å². The molecule has 1 N–H and O–H groups in total. The van der Waals surface area contributed by atoms with Crippen LogP contribution in [0.3, 0.4) is 0 Å². The van der Waals surface area contributed by atoms with Gasteiger partial charge in [-0.2, -0.15) is 0 Å². The number of aliphatic hydroxyl groups is 1. The average molecular weight is 526 g/mol. The number of hydrogen-bond acceptors (Lipinski definition) is 4. The highest BCUT2D eigenvalue weighted by molar-refractivity contribution is 6.00. The van der Waals surface area contributed by atoms with Gasteiger partial charge in [-0.15, -0.1) is 0 Å². The lowest BCUT2D eigenvalue weighted by molar-refractivity contribution is -0.157. The summed E-state index contributed by atoms with van der Waals surface area (Å²) in [4.78, 5) is 42.7. The van der Waals surface area contributed by atoms with Crippen molar-refractivity contribution in [3.8, 4) is 11.1 Å². The lowest BCUT2D eigenvalue weighted by atomic mass is 9.69. The third-order valence-corrected chi connectivity index (χ3v) is 8.64. The van der Waals surface area contributed by atoms with Crippen molar-refractivity contribution in [2.24, 2.45) is 17.3 Å². The largest absolute Gasteiger partial charge is 0.387 e. The van der Waals surface area contributed by atoms with Crippen LogP contribution in [-0.4, -0.2) is 64.1 Å². The smallest absolute Gasteiger partial charge is 0.255 e. The molecule has 2 atom stereocenters. The minimum Gasteiger partial charge on any atom is -0.387 e. The summed E-state index contributed by atoms with van der Waals surface area (Å²) in [7, 11) is 3.19. The van der Waals surface area contributed by atoms with Gasteiger partial charge in [0.25, 0.3) is 11.5 Å². The first-order valence-corrected chi connectivity index (χ1v) is 13.6. The molecule has 1 saturated carbocycles. The van der Waals surface area contributed by atoms with Crippen LogP contribution in [0.4, 0.5) is 4.39 Å². The minimum atomic E-state index is -1.29. The fraction of sp³-hybridized carbons (Fsp3) is 0.567. The molecular formula is C30H40FN3O4. The van der Waals surface area contributed by atoms with Gasteiger partial charge in [-0.25, -0.2) is 4.39 Å². The van der Waals surface area contributed by atoms with E-state index < -0.39 is 22.4 Å². The SMILES string of the molecule is C[C@H](CC1CCC1)C(=O)N1CC[C@@](O)(Cn2cc(C(=O)N(C)C)c(-c3ccccc3F)cc2=O)C(C)(C)C1. The van der Waals surface area contributed by atoms with Gasteiger partial charge in [-0.3, -0.25) is 14.4 Å². The highest BCUT2D eigenvalue weighted by Gasteiger charge is 2.49. The van der Waals surface area contributed by atoms with Gasteiger partial charge >= 0.3 is 0 Å². The van der Waals surface area contributed by atoms with Crippen molar-refractivity contribution in [2.45, 2.75) is 65.0 Å². The van der Waals surface area contributed by atoms with Crippen LogP contribution in [0.1, 0.15) is 63.2 Å². The first-order valence-electron chi connectivity index (χ1n) is 13.6. The number of rotatable bonds is 7. The molecule has 2 aliphatic rings. The lowest BCUT2D eigenvalue weighted by Crippen LogP contribution is -2.61. The van der Waals surface area contributed by atoms with Crippen LogP contribution in [0.25, 0.3) is 11.1 Å². The molecule has 2 heterocycles. The predicted octanol–water partition coefficient (Wildman–Crippen LogP) is 4.17. The minimum absolute atomic E-state index is 0.0379. The molecule has 1 aliphatic heterocycles. The monoisotopic (exact) mass is 525 g/mol. The molecule has 0 unspecified atom stereocenters. The summed E-state index contributed by atoms with van der Waals surface area (Å²) in [6, 6.07) is 7.30. The van der Waals surface area contributed by atoms with Crippen molar-refractivity contribution in [3.63, 3.8) is 0 Å². The van der Waals surface area contributed by atoms with E-state index in [9.17, 15) is 23.9 Å². The molecular weight excluding hydrogens is 485 g/mol. The normalized spacial score (nSPS) is 22.0. The maximum Gasteiger partial charge on any atom is 0.255 e. The van der Waals surface area contributed by atoms with Gasteiger partial charge in [0.15, 0.2) is 0 Å². The Kier molecular flexibility index (Phi) is 7.84. The summed E-state index contributed by atoms with van der Waals surface area (Å²) >= 11 is 0. The third kappa shape index (κ3) is 5.41. The van der Waals surface area contributed by atoms with E-state index in [4.69, 9.17) is 0 Å². The first-order chi connectivity index (χ1) is 17.8. The number of benzene rings is 1. The van der Waals surface area contributed by atoms with Crippen molar-refractivity contribution < 1.29 is 19.1 Å². The van der Waals surface area contributed by atoms with Crippen LogP contribution < -0.4 is 5.56 Å². The van der Waals surface area contributed by atoms with E-state index in [1.807, 2.05) is 25.7 Å². The Morgan fingerprint density at radius 3 is 2.45 bits per heavy atom. The Labute approximate surface area is 224 Å². The second-order valence-electron chi connectivity index (χ2n) is 12.1. The molecule has 1 aliphatic carbocycles. The van der Waals surface area contributed by atoms with E-state index in [2.05, 4.69) is 0 Å². The van der Waals surface area contributed by atoms with E-state index >= 15 is 0 Å². The molecule has 206 valence electrons. The van der Waals surface area contributed by atoms with Crippen LogP contribution in [0.15, 0.2) is 41.3 Å². The molecule has 2 aromatic rings. The Morgan fingerprint density at radius 1 is 1.18 bits per heavy atom. The number of carbonyl (C=O) groups excluding carboxylic acids is 2. The Bertz CT molecular complexity index is 1270. The maximum absolute atomic E-state index is 14.6. The first kappa shape index (κ1) is 28.0. The predicted molar refractivity (Wildman–Crippen MR) is 145 cm³/mol. The molecule has 1 aromatic heterocycles. The van der Waals surface area contributed by atoms with Gasteiger partial charge < -0.3 is 19.5 Å². The fourth-order valence-electron chi connectivity index (χ4n) is 5.78. The van der Waals surface area contributed by atoms with Crippen LogP contribution in [0, 0.1) is 23.1 Å². The quantitative estimate of drug-likeness (QED) is 0.588. The number of amides is 2. The van der Waals surface area contributed by atoms with E-state index in [0.717, 1.165) is 6.42 Å². The van der Waals surface area contributed by atoms with Crippen LogP contribution in [0.2, 0.25) is 0 Å². The molecule has 4 rings (SSSR count). The Hall–Kier alpha value is -3.00. The highest BCUT2D eigenvalue weighted by Crippen LogP contribution is 2.41. The summed E-state index contributed by atoms with van der Waals surface area (Å²) in [6.07, 6.45) is 6.29. The van der Waals surface area contributed by atoms with E-state index in [0.29, 0.717) is 25.4 Å². The summed E-state index contributed by atoms with van der Waals surface area (Å²) in [5, 5.41) is 11.8. The highest BCUT2D eigenvalue weighted by atomic mass is 19.1. The van der Waals surface area contributed by atoms with Gasteiger partial charge in [0.2, 0.25) is 5.91 Å². The third-order valence-electron chi connectivity index (χ3n) is 8.64. The number of pyridine rings is 1. The fourth-order valence-corrected chi connectivity index (χ4v) is 5.78.